The van der Waals surface area contributed by atoms with E-state index < -0.39 is 0 Å². The second kappa shape index (κ2) is 7.14. The first-order valence-corrected chi connectivity index (χ1v) is 7.83. The Morgan fingerprint density at radius 1 is 1.00 bits per heavy atom. The Morgan fingerprint density at radius 2 is 1.75 bits per heavy atom. The third-order valence-electron chi connectivity index (χ3n) is 3.65. The number of hydrogen-bond acceptors (Lipinski definition) is 6. The molecule has 0 unspecified atom stereocenters. The van der Waals surface area contributed by atoms with Crippen molar-refractivity contribution in [1.82, 2.24) is 9.97 Å². The molecule has 3 rings (SSSR count). The summed E-state index contributed by atoms with van der Waals surface area (Å²) in [7, 11) is 4.02. The molecular weight excluding hydrogens is 302 g/mol. The molecule has 24 heavy (non-hydrogen) atoms. The summed E-state index contributed by atoms with van der Waals surface area (Å²) in [5, 5.41) is 16.4. The zero-order valence-corrected chi connectivity index (χ0v) is 13.8. The maximum Gasteiger partial charge on any atom is 0.229 e. The van der Waals surface area contributed by atoms with Crippen LogP contribution in [0, 0.1) is 0 Å². The van der Waals surface area contributed by atoms with Crippen molar-refractivity contribution in [2.75, 3.05) is 42.8 Å². The van der Waals surface area contributed by atoms with Crippen LogP contribution in [0.4, 0.5) is 23.1 Å². The van der Waals surface area contributed by atoms with E-state index in [1.54, 1.807) is 0 Å². The van der Waals surface area contributed by atoms with Gasteiger partial charge in [0.25, 0.3) is 0 Å². The Morgan fingerprint density at radius 3 is 2.46 bits per heavy atom. The van der Waals surface area contributed by atoms with E-state index in [4.69, 9.17) is 5.11 Å². The summed E-state index contributed by atoms with van der Waals surface area (Å²) in [6.07, 6.45) is 0. The topological polar surface area (TPSA) is 73.3 Å². The number of fused-ring (bicyclic) bond motifs is 1. The molecule has 0 aliphatic carbocycles. The Bertz CT molecular complexity index is 817. The maximum absolute atomic E-state index is 9.05. The van der Waals surface area contributed by atoms with Crippen LogP contribution < -0.4 is 15.5 Å². The number of para-hydroxylation sites is 1. The molecule has 0 aliphatic rings. The van der Waals surface area contributed by atoms with Gasteiger partial charge in [0.1, 0.15) is 5.82 Å². The van der Waals surface area contributed by atoms with Gasteiger partial charge in [-0.3, -0.25) is 0 Å². The highest BCUT2D eigenvalue weighted by Gasteiger charge is 2.07. The van der Waals surface area contributed by atoms with Gasteiger partial charge in [-0.05, 0) is 36.4 Å². The summed E-state index contributed by atoms with van der Waals surface area (Å²) in [5.41, 5.74) is 2.90. The molecule has 124 valence electrons. The van der Waals surface area contributed by atoms with E-state index >= 15 is 0 Å². The highest BCUT2D eigenvalue weighted by Crippen LogP contribution is 2.24. The molecule has 1 heterocycles. The van der Waals surface area contributed by atoms with E-state index in [9.17, 15) is 0 Å². The number of aliphatic hydroxyl groups is 1. The third-order valence-corrected chi connectivity index (χ3v) is 3.65. The molecule has 1 aromatic heterocycles. The monoisotopic (exact) mass is 323 g/mol. The molecule has 3 N–H and O–H groups in total. The van der Waals surface area contributed by atoms with Gasteiger partial charge in [0.05, 0.1) is 12.1 Å². The maximum atomic E-state index is 9.05. The quantitative estimate of drug-likeness (QED) is 0.648. The van der Waals surface area contributed by atoms with Gasteiger partial charge >= 0.3 is 0 Å². The summed E-state index contributed by atoms with van der Waals surface area (Å²) >= 11 is 0. The smallest absolute Gasteiger partial charge is 0.229 e. The molecule has 0 aliphatic heterocycles. The van der Waals surface area contributed by atoms with Crippen LogP contribution in [-0.2, 0) is 0 Å². The van der Waals surface area contributed by atoms with Crippen molar-refractivity contribution in [3.63, 3.8) is 0 Å². The first-order chi connectivity index (χ1) is 11.7. The van der Waals surface area contributed by atoms with Crippen molar-refractivity contribution < 1.29 is 5.11 Å². The van der Waals surface area contributed by atoms with Crippen LogP contribution in [0.2, 0.25) is 0 Å². The molecular formula is C18H21N5O. The molecule has 6 nitrogen and oxygen atoms in total. The number of nitrogens with one attached hydrogen (secondary N) is 2. The van der Waals surface area contributed by atoms with Crippen LogP contribution in [-0.4, -0.2) is 42.3 Å². The van der Waals surface area contributed by atoms with Gasteiger partial charge in [0, 0.05) is 37.4 Å². The first kappa shape index (κ1) is 16.0. The number of nitrogens with zero attached hydrogens (tertiary/aromatic N) is 3. The molecule has 0 saturated carbocycles. The Balaban J connectivity index is 1.91. The lowest BCUT2D eigenvalue weighted by Crippen LogP contribution is -2.10. The van der Waals surface area contributed by atoms with Crippen molar-refractivity contribution >= 4 is 34.0 Å². The molecule has 0 spiro atoms. The molecule has 3 aromatic rings. The van der Waals surface area contributed by atoms with E-state index in [1.807, 2.05) is 67.5 Å². The van der Waals surface area contributed by atoms with Gasteiger partial charge in [-0.15, -0.1) is 0 Å². The van der Waals surface area contributed by atoms with Crippen molar-refractivity contribution in [2.24, 2.45) is 0 Å². The highest BCUT2D eigenvalue weighted by atomic mass is 16.3. The summed E-state index contributed by atoms with van der Waals surface area (Å²) < 4.78 is 0. The fourth-order valence-electron chi connectivity index (χ4n) is 2.41. The Kier molecular flexibility index (Phi) is 4.77. The lowest BCUT2D eigenvalue weighted by molar-refractivity contribution is 0.311. The SMILES string of the molecule is CN(C)c1ccc(Nc2nc(NCCO)c3ccccc3n2)cc1. The minimum absolute atomic E-state index is 0.0487. The van der Waals surface area contributed by atoms with Crippen LogP contribution >= 0.6 is 0 Å². The van der Waals surface area contributed by atoms with E-state index in [0.717, 1.165) is 22.3 Å². The van der Waals surface area contributed by atoms with Crippen molar-refractivity contribution in [1.29, 1.82) is 0 Å². The molecule has 0 bridgehead atoms. The van der Waals surface area contributed by atoms with Gasteiger partial charge < -0.3 is 20.6 Å². The molecule has 0 saturated heterocycles. The highest BCUT2D eigenvalue weighted by molar-refractivity contribution is 5.90. The van der Waals surface area contributed by atoms with Crippen molar-refractivity contribution in [2.45, 2.75) is 0 Å². The van der Waals surface area contributed by atoms with E-state index in [-0.39, 0.29) is 6.61 Å². The third kappa shape index (κ3) is 3.55. The second-order valence-electron chi connectivity index (χ2n) is 5.63. The second-order valence-corrected chi connectivity index (χ2v) is 5.63. The van der Waals surface area contributed by atoms with Crippen LogP contribution in [0.3, 0.4) is 0 Å². The number of aromatic nitrogens is 2. The fourth-order valence-corrected chi connectivity index (χ4v) is 2.41. The van der Waals surface area contributed by atoms with E-state index in [2.05, 4.69) is 20.6 Å². The minimum atomic E-state index is 0.0487. The van der Waals surface area contributed by atoms with Crippen LogP contribution in [0.25, 0.3) is 10.9 Å². The summed E-state index contributed by atoms with van der Waals surface area (Å²) in [6, 6.07) is 15.9. The number of aliphatic hydroxyl groups excluding tert-OH is 1. The predicted octanol–water partition coefficient (Wildman–Crippen LogP) is 2.84. The van der Waals surface area contributed by atoms with Gasteiger partial charge in [-0.2, -0.15) is 4.98 Å². The number of hydrogen-bond donors (Lipinski definition) is 3. The number of rotatable bonds is 6. The van der Waals surface area contributed by atoms with Crippen LogP contribution in [0.15, 0.2) is 48.5 Å². The van der Waals surface area contributed by atoms with Gasteiger partial charge in [-0.1, -0.05) is 12.1 Å². The molecule has 0 atom stereocenters. The molecule has 0 radical (unpaired) electrons. The zero-order chi connectivity index (χ0) is 16.9. The predicted molar refractivity (Wildman–Crippen MR) is 99.2 cm³/mol. The first-order valence-electron chi connectivity index (χ1n) is 7.83. The van der Waals surface area contributed by atoms with Crippen molar-refractivity contribution in [3.8, 4) is 0 Å². The Hall–Kier alpha value is -2.86. The molecule has 0 amide bonds. The minimum Gasteiger partial charge on any atom is -0.395 e. The molecule has 6 heteroatoms. The van der Waals surface area contributed by atoms with Crippen molar-refractivity contribution in [3.05, 3.63) is 48.5 Å². The molecule has 0 fully saturated rings. The summed E-state index contributed by atoms with van der Waals surface area (Å²) in [5.74, 6) is 1.23. The van der Waals surface area contributed by atoms with Crippen LogP contribution in [0.5, 0.6) is 0 Å². The molecule has 2 aromatic carbocycles. The summed E-state index contributed by atoms with van der Waals surface area (Å²) in [6.45, 7) is 0.491. The van der Waals surface area contributed by atoms with Gasteiger partial charge in [0.15, 0.2) is 0 Å². The standard InChI is InChI=1S/C18H21N5O/c1-23(2)14-9-7-13(8-10-14)20-18-21-16-6-4-3-5-15(16)17(22-18)19-11-12-24/h3-10,24H,11-12H2,1-2H3,(H2,19,20,21,22). The summed E-state index contributed by atoms with van der Waals surface area (Å²) in [4.78, 5) is 11.1. The lowest BCUT2D eigenvalue weighted by Gasteiger charge is -2.14. The lowest BCUT2D eigenvalue weighted by atomic mass is 10.2. The van der Waals surface area contributed by atoms with Crippen LogP contribution in [0.1, 0.15) is 0 Å². The van der Waals surface area contributed by atoms with E-state index in [0.29, 0.717) is 18.3 Å². The largest absolute Gasteiger partial charge is 0.395 e. The van der Waals surface area contributed by atoms with E-state index in [1.165, 1.54) is 0 Å². The fraction of sp³-hybridized carbons (Fsp3) is 0.222. The number of benzene rings is 2. The zero-order valence-electron chi connectivity index (χ0n) is 13.8. The normalized spacial score (nSPS) is 10.6. The average molecular weight is 323 g/mol. The number of anilines is 4. The van der Waals surface area contributed by atoms with Gasteiger partial charge in [-0.25, -0.2) is 4.98 Å². The Labute approximate surface area is 141 Å². The van der Waals surface area contributed by atoms with Gasteiger partial charge in [0.2, 0.25) is 5.95 Å². The average Bonchev–Trinajstić information content (AvgIpc) is 2.60.